The maximum atomic E-state index is 13.3. The van der Waals surface area contributed by atoms with E-state index in [1.807, 2.05) is 18.2 Å². The first-order valence-electron chi connectivity index (χ1n) is 11.8. The van der Waals surface area contributed by atoms with Gasteiger partial charge >= 0.3 is 0 Å². The van der Waals surface area contributed by atoms with Crippen LogP contribution in [0.1, 0.15) is 82.7 Å². The molecule has 0 radical (unpaired) electrons. The second-order valence-corrected chi connectivity index (χ2v) is 10.4. The van der Waals surface area contributed by atoms with Gasteiger partial charge in [-0.2, -0.15) is 0 Å². The third-order valence-electron chi connectivity index (χ3n) is 7.46. The van der Waals surface area contributed by atoms with Crippen LogP contribution in [0.5, 0.6) is 0 Å². The summed E-state index contributed by atoms with van der Waals surface area (Å²) in [4.78, 5) is 15.7. The third-order valence-corrected chi connectivity index (χ3v) is 8.04. The fraction of sp³-hybridized carbons (Fsp3) is 0.640. The van der Waals surface area contributed by atoms with Crippen molar-refractivity contribution >= 4 is 29.1 Å². The Kier molecular flexibility index (Phi) is 7.51. The number of allylic oxidation sites excluding steroid dienone is 1. The zero-order chi connectivity index (χ0) is 22.0. The van der Waals surface area contributed by atoms with Crippen molar-refractivity contribution in [3.8, 4) is 0 Å². The van der Waals surface area contributed by atoms with E-state index in [0.29, 0.717) is 22.4 Å². The summed E-state index contributed by atoms with van der Waals surface area (Å²) in [5.74, 6) is 0.601. The van der Waals surface area contributed by atoms with E-state index < -0.39 is 6.10 Å². The molecule has 1 heterocycles. The lowest BCUT2D eigenvalue weighted by molar-refractivity contribution is -0.119. The molecule has 2 saturated carbocycles. The predicted molar refractivity (Wildman–Crippen MR) is 126 cm³/mol. The first kappa shape index (κ1) is 22.9. The van der Waals surface area contributed by atoms with E-state index in [1.165, 1.54) is 32.1 Å². The van der Waals surface area contributed by atoms with E-state index in [9.17, 15) is 9.90 Å². The summed E-state index contributed by atoms with van der Waals surface area (Å²) in [5, 5.41) is 14.8. The average molecular weight is 465 g/mol. The molecule has 2 fully saturated rings. The van der Waals surface area contributed by atoms with Gasteiger partial charge in [-0.25, -0.2) is 0 Å². The summed E-state index contributed by atoms with van der Waals surface area (Å²) in [5.41, 5.74) is 2.84. The SMILES string of the molecule is CC1=C(C(=O)N[C@H]2CCCC[C@H]2O)CC(c2cc(Cl)ccc2Cl)N1CC1CCCCC1. The highest BCUT2D eigenvalue weighted by Crippen LogP contribution is 2.43. The Morgan fingerprint density at radius 1 is 1.10 bits per heavy atom. The minimum absolute atomic E-state index is 0.0187. The molecular formula is C25H34Cl2N2O2. The van der Waals surface area contributed by atoms with E-state index in [1.54, 1.807) is 0 Å². The number of halogens is 2. The van der Waals surface area contributed by atoms with Crippen LogP contribution in [0.2, 0.25) is 10.0 Å². The number of aliphatic hydroxyl groups excluding tert-OH is 1. The zero-order valence-corrected chi connectivity index (χ0v) is 19.9. The topological polar surface area (TPSA) is 52.6 Å². The van der Waals surface area contributed by atoms with Crippen molar-refractivity contribution in [1.29, 1.82) is 0 Å². The van der Waals surface area contributed by atoms with E-state index in [0.717, 1.165) is 49.1 Å². The second-order valence-electron chi connectivity index (χ2n) is 9.54. The molecule has 0 saturated heterocycles. The monoisotopic (exact) mass is 464 g/mol. The lowest BCUT2D eigenvalue weighted by Gasteiger charge is -2.34. The average Bonchev–Trinajstić information content (AvgIpc) is 3.08. The Bertz CT molecular complexity index is 835. The molecule has 1 aromatic rings. The van der Waals surface area contributed by atoms with Crippen LogP contribution < -0.4 is 5.32 Å². The largest absolute Gasteiger partial charge is 0.391 e. The maximum Gasteiger partial charge on any atom is 0.249 e. The summed E-state index contributed by atoms with van der Waals surface area (Å²) >= 11 is 12.9. The van der Waals surface area contributed by atoms with E-state index in [-0.39, 0.29) is 18.0 Å². The second kappa shape index (κ2) is 10.1. The number of aliphatic hydroxyl groups is 1. The lowest BCUT2D eigenvalue weighted by atomic mass is 9.88. The van der Waals surface area contributed by atoms with Crippen molar-refractivity contribution in [2.24, 2.45) is 5.92 Å². The molecule has 2 aliphatic carbocycles. The van der Waals surface area contributed by atoms with Crippen molar-refractivity contribution in [3.63, 3.8) is 0 Å². The number of hydrogen-bond donors (Lipinski definition) is 2. The molecule has 1 aliphatic heterocycles. The molecule has 6 heteroatoms. The van der Waals surface area contributed by atoms with Crippen molar-refractivity contribution in [1.82, 2.24) is 10.2 Å². The van der Waals surface area contributed by atoms with Crippen LogP contribution in [0.25, 0.3) is 0 Å². The van der Waals surface area contributed by atoms with Gasteiger partial charge in [0.05, 0.1) is 18.2 Å². The molecule has 3 aliphatic rings. The normalized spacial score (nSPS) is 27.6. The number of nitrogens with one attached hydrogen (secondary N) is 1. The van der Waals surface area contributed by atoms with E-state index in [2.05, 4.69) is 17.1 Å². The highest BCUT2D eigenvalue weighted by atomic mass is 35.5. The zero-order valence-electron chi connectivity index (χ0n) is 18.4. The van der Waals surface area contributed by atoms with Crippen LogP contribution >= 0.6 is 23.2 Å². The van der Waals surface area contributed by atoms with Gasteiger partial charge in [0.1, 0.15) is 0 Å². The molecular weight excluding hydrogens is 431 g/mol. The molecule has 4 rings (SSSR count). The smallest absolute Gasteiger partial charge is 0.249 e. The first-order chi connectivity index (χ1) is 14.9. The molecule has 1 unspecified atom stereocenters. The molecule has 0 bridgehead atoms. The first-order valence-corrected chi connectivity index (χ1v) is 12.6. The van der Waals surface area contributed by atoms with Crippen molar-refractivity contribution in [3.05, 3.63) is 45.1 Å². The van der Waals surface area contributed by atoms with Crippen LogP contribution in [0.3, 0.4) is 0 Å². The number of nitrogens with zero attached hydrogens (tertiary/aromatic N) is 1. The molecule has 31 heavy (non-hydrogen) atoms. The van der Waals surface area contributed by atoms with Gasteiger partial charge in [-0.15, -0.1) is 0 Å². The number of hydrogen-bond acceptors (Lipinski definition) is 3. The molecule has 3 atom stereocenters. The highest BCUT2D eigenvalue weighted by Gasteiger charge is 2.37. The van der Waals surface area contributed by atoms with Crippen LogP contribution in [-0.4, -0.2) is 34.6 Å². The van der Waals surface area contributed by atoms with Gasteiger partial charge in [-0.05, 0) is 62.3 Å². The number of carbonyl (C=O) groups is 1. The minimum Gasteiger partial charge on any atom is -0.391 e. The Morgan fingerprint density at radius 2 is 1.81 bits per heavy atom. The van der Waals surface area contributed by atoms with Crippen LogP contribution in [-0.2, 0) is 4.79 Å². The van der Waals surface area contributed by atoms with Gasteiger partial charge in [0.2, 0.25) is 5.91 Å². The van der Waals surface area contributed by atoms with Crippen LogP contribution in [0, 0.1) is 5.92 Å². The molecule has 4 nitrogen and oxygen atoms in total. The summed E-state index contributed by atoms with van der Waals surface area (Å²) in [6.07, 6.45) is 10.2. The summed E-state index contributed by atoms with van der Waals surface area (Å²) in [7, 11) is 0. The van der Waals surface area contributed by atoms with Gasteiger partial charge in [-0.1, -0.05) is 55.3 Å². The molecule has 0 aromatic heterocycles. The number of carbonyl (C=O) groups excluding carboxylic acids is 1. The van der Waals surface area contributed by atoms with Crippen molar-refractivity contribution in [2.45, 2.75) is 89.3 Å². The van der Waals surface area contributed by atoms with Gasteiger partial charge in [0, 0.05) is 34.3 Å². The molecule has 2 N–H and O–H groups in total. The fourth-order valence-electron chi connectivity index (χ4n) is 5.61. The van der Waals surface area contributed by atoms with Gasteiger partial charge in [0.15, 0.2) is 0 Å². The molecule has 170 valence electrons. The van der Waals surface area contributed by atoms with Gasteiger partial charge in [-0.3, -0.25) is 4.79 Å². The third kappa shape index (κ3) is 5.23. The van der Waals surface area contributed by atoms with Crippen molar-refractivity contribution in [2.75, 3.05) is 6.54 Å². The van der Waals surface area contributed by atoms with E-state index >= 15 is 0 Å². The lowest BCUT2D eigenvalue weighted by Crippen LogP contribution is -2.45. The maximum absolute atomic E-state index is 13.3. The Balaban J connectivity index is 1.58. The summed E-state index contributed by atoms with van der Waals surface area (Å²) in [6, 6.07) is 5.48. The van der Waals surface area contributed by atoms with Crippen LogP contribution in [0.4, 0.5) is 0 Å². The number of rotatable bonds is 5. The Hall–Kier alpha value is -1.23. The highest BCUT2D eigenvalue weighted by molar-refractivity contribution is 6.33. The van der Waals surface area contributed by atoms with Gasteiger partial charge < -0.3 is 15.3 Å². The Labute approximate surface area is 196 Å². The minimum atomic E-state index is -0.448. The predicted octanol–water partition coefficient (Wildman–Crippen LogP) is 6.01. The van der Waals surface area contributed by atoms with Crippen LogP contribution in [0.15, 0.2) is 29.5 Å². The van der Waals surface area contributed by atoms with E-state index in [4.69, 9.17) is 23.2 Å². The fourth-order valence-corrected chi connectivity index (χ4v) is 6.03. The number of benzene rings is 1. The Morgan fingerprint density at radius 3 is 2.55 bits per heavy atom. The van der Waals surface area contributed by atoms with Crippen molar-refractivity contribution < 1.29 is 9.90 Å². The van der Waals surface area contributed by atoms with Gasteiger partial charge in [0.25, 0.3) is 0 Å². The standard InChI is InChI=1S/C25H34Cl2N2O2/c1-16-19(25(31)28-22-9-5-6-10-24(22)30)14-23(20-13-18(26)11-12-21(20)27)29(16)15-17-7-3-2-4-8-17/h11-13,17,22-24,30H,2-10,14-15H2,1H3,(H,28,31)/t22-,23?,24+/m0/s1. The summed E-state index contributed by atoms with van der Waals surface area (Å²) < 4.78 is 0. The molecule has 1 aromatic carbocycles. The molecule has 1 amide bonds. The summed E-state index contributed by atoms with van der Waals surface area (Å²) in [6.45, 7) is 3.01. The quantitative estimate of drug-likeness (QED) is 0.560. The molecule has 0 spiro atoms. The number of amides is 1.